The number of nitro groups is 1. The number of methoxy groups -OCH3 is 1. The van der Waals surface area contributed by atoms with Crippen LogP contribution in [-0.4, -0.2) is 18.2 Å². The zero-order chi connectivity index (χ0) is 13.7. The van der Waals surface area contributed by atoms with Crippen LogP contribution in [0.4, 0.5) is 11.4 Å². The van der Waals surface area contributed by atoms with Gasteiger partial charge in [-0.15, -0.1) is 0 Å². The molecule has 2 rings (SSSR count). The molecule has 5 heteroatoms. The first-order valence-electron chi connectivity index (χ1n) is 5.61. The summed E-state index contributed by atoms with van der Waals surface area (Å²) in [7, 11) is 1.59. The molecule has 0 amide bonds. The topological polar surface area (TPSA) is 64.7 Å². The van der Waals surface area contributed by atoms with E-state index in [1.807, 2.05) is 18.2 Å². The van der Waals surface area contributed by atoms with Crippen LogP contribution in [0.1, 0.15) is 5.56 Å². The first kappa shape index (κ1) is 12.8. The SMILES string of the molecule is COc1cccc(N=Cc2cccc([N+](=O)[O-])c2)c1. The quantitative estimate of drug-likeness (QED) is 0.478. The van der Waals surface area contributed by atoms with E-state index in [0.29, 0.717) is 11.3 Å². The van der Waals surface area contributed by atoms with E-state index >= 15 is 0 Å². The molecule has 0 aliphatic heterocycles. The maximum absolute atomic E-state index is 10.7. The van der Waals surface area contributed by atoms with Gasteiger partial charge in [-0.05, 0) is 17.7 Å². The fourth-order valence-electron chi connectivity index (χ4n) is 1.56. The van der Waals surface area contributed by atoms with Crippen molar-refractivity contribution in [2.24, 2.45) is 4.99 Å². The lowest BCUT2D eigenvalue weighted by Crippen LogP contribution is -1.89. The molecule has 0 N–H and O–H groups in total. The molecule has 5 nitrogen and oxygen atoms in total. The van der Waals surface area contributed by atoms with E-state index in [0.717, 1.165) is 5.69 Å². The molecule has 96 valence electrons. The molecule has 19 heavy (non-hydrogen) atoms. The van der Waals surface area contributed by atoms with E-state index in [1.54, 1.807) is 31.5 Å². The Bertz CT molecular complexity index is 624. The highest BCUT2D eigenvalue weighted by atomic mass is 16.6. The molecule has 0 saturated heterocycles. The van der Waals surface area contributed by atoms with E-state index in [2.05, 4.69) is 4.99 Å². The highest BCUT2D eigenvalue weighted by molar-refractivity contribution is 5.82. The van der Waals surface area contributed by atoms with Crippen molar-refractivity contribution in [3.8, 4) is 5.75 Å². The lowest BCUT2D eigenvalue weighted by atomic mass is 10.2. The van der Waals surface area contributed by atoms with Crippen LogP contribution in [0.15, 0.2) is 53.5 Å². The van der Waals surface area contributed by atoms with Crippen molar-refractivity contribution in [1.29, 1.82) is 0 Å². The van der Waals surface area contributed by atoms with Gasteiger partial charge in [-0.25, -0.2) is 0 Å². The molecule has 0 aromatic heterocycles. The molecule has 0 saturated carbocycles. The van der Waals surface area contributed by atoms with Crippen LogP contribution in [0.3, 0.4) is 0 Å². The Balaban J connectivity index is 2.22. The summed E-state index contributed by atoms with van der Waals surface area (Å²) in [6, 6.07) is 13.6. The van der Waals surface area contributed by atoms with Crippen molar-refractivity contribution in [2.45, 2.75) is 0 Å². The number of non-ortho nitro benzene ring substituents is 1. The maximum atomic E-state index is 10.7. The molecule has 0 fully saturated rings. The first-order chi connectivity index (χ1) is 9.19. The Hall–Kier alpha value is -2.69. The van der Waals surface area contributed by atoms with Gasteiger partial charge in [0.15, 0.2) is 0 Å². The van der Waals surface area contributed by atoms with Crippen molar-refractivity contribution in [3.63, 3.8) is 0 Å². The second-order valence-corrected chi connectivity index (χ2v) is 3.81. The molecule has 0 unspecified atom stereocenters. The number of rotatable bonds is 4. The molecule has 0 bridgehead atoms. The van der Waals surface area contributed by atoms with Gasteiger partial charge >= 0.3 is 0 Å². The van der Waals surface area contributed by atoms with Gasteiger partial charge in [0.05, 0.1) is 17.7 Å². The van der Waals surface area contributed by atoms with Crippen molar-refractivity contribution >= 4 is 17.6 Å². The standard InChI is InChI=1S/C14H12N2O3/c1-19-14-7-3-5-12(9-14)15-10-11-4-2-6-13(8-11)16(17)18/h2-10H,1H3. The number of nitrogens with zero attached hydrogens (tertiary/aromatic N) is 2. The summed E-state index contributed by atoms with van der Waals surface area (Å²) in [6.45, 7) is 0. The van der Waals surface area contributed by atoms with Crippen molar-refractivity contribution in [3.05, 3.63) is 64.2 Å². The van der Waals surface area contributed by atoms with E-state index in [-0.39, 0.29) is 5.69 Å². The second kappa shape index (κ2) is 5.77. The summed E-state index contributed by atoms with van der Waals surface area (Å²) in [5.74, 6) is 0.716. The van der Waals surface area contributed by atoms with Crippen molar-refractivity contribution < 1.29 is 9.66 Å². The average Bonchev–Trinajstić information content (AvgIpc) is 2.45. The van der Waals surface area contributed by atoms with E-state index in [9.17, 15) is 10.1 Å². The number of nitro benzene ring substituents is 1. The van der Waals surface area contributed by atoms with E-state index < -0.39 is 4.92 Å². The first-order valence-corrected chi connectivity index (χ1v) is 5.61. The summed E-state index contributed by atoms with van der Waals surface area (Å²) in [4.78, 5) is 14.5. The molecule has 2 aromatic rings. The summed E-state index contributed by atoms with van der Waals surface area (Å²) in [5, 5.41) is 10.7. The van der Waals surface area contributed by atoms with E-state index in [4.69, 9.17) is 4.74 Å². The Morgan fingerprint density at radius 2 is 2.00 bits per heavy atom. The summed E-state index contributed by atoms with van der Waals surface area (Å²) >= 11 is 0. The third-order valence-electron chi connectivity index (χ3n) is 2.50. The molecule has 0 heterocycles. The van der Waals surface area contributed by atoms with Gasteiger partial charge in [0.25, 0.3) is 5.69 Å². The molecular formula is C14H12N2O3. The van der Waals surface area contributed by atoms with Gasteiger partial charge in [-0.3, -0.25) is 15.1 Å². The van der Waals surface area contributed by atoms with Crippen LogP contribution < -0.4 is 4.74 Å². The van der Waals surface area contributed by atoms with Gasteiger partial charge in [0, 0.05) is 24.4 Å². The highest BCUT2D eigenvalue weighted by Gasteiger charge is 2.03. The monoisotopic (exact) mass is 256 g/mol. The number of aliphatic imine (C=N–C) groups is 1. The van der Waals surface area contributed by atoms with Gasteiger partial charge < -0.3 is 4.74 Å². The number of benzene rings is 2. The van der Waals surface area contributed by atoms with Crippen LogP contribution >= 0.6 is 0 Å². The lowest BCUT2D eigenvalue weighted by Gasteiger charge is -1.99. The number of hydrogen-bond donors (Lipinski definition) is 0. The molecule has 0 aliphatic rings. The molecule has 0 radical (unpaired) electrons. The summed E-state index contributed by atoms with van der Waals surface area (Å²) in [6.07, 6.45) is 1.59. The van der Waals surface area contributed by atoms with Crippen LogP contribution in [0.2, 0.25) is 0 Å². The maximum Gasteiger partial charge on any atom is 0.270 e. The average molecular weight is 256 g/mol. The van der Waals surface area contributed by atoms with Crippen LogP contribution in [0.25, 0.3) is 0 Å². The predicted molar refractivity (Wildman–Crippen MR) is 73.3 cm³/mol. The minimum Gasteiger partial charge on any atom is -0.497 e. The summed E-state index contributed by atoms with van der Waals surface area (Å²) in [5.41, 5.74) is 1.46. The minimum absolute atomic E-state index is 0.0505. The predicted octanol–water partition coefficient (Wildman–Crippen LogP) is 3.35. The Morgan fingerprint density at radius 1 is 1.21 bits per heavy atom. The molecule has 2 aromatic carbocycles. The Morgan fingerprint density at radius 3 is 2.74 bits per heavy atom. The third kappa shape index (κ3) is 3.38. The minimum atomic E-state index is -0.428. The third-order valence-corrected chi connectivity index (χ3v) is 2.50. The molecular weight excluding hydrogens is 244 g/mol. The van der Waals surface area contributed by atoms with Crippen molar-refractivity contribution in [2.75, 3.05) is 7.11 Å². The van der Waals surface area contributed by atoms with Crippen LogP contribution in [0.5, 0.6) is 5.75 Å². The second-order valence-electron chi connectivity index (χ2n) is 3.81. The largest absolute Gasteiger partial charge is 0.497 e. The molecule has 0 aliphatic carbocycles. The van der Waals surface area contributed by atoms with Gasteiger partial charge in [-0.2, -0.15) is 0 Å². The van der Waals surface area contributed by atoms with Crippen molar-refractivity contribution in [1.82, 2.24) is 0 Å². The molecule has 0 atom stereocenters. The smallest absolute Gasteiger partial charge is 0.270 e. The fraction of sp³-hybridized carbons (Fsp3) is 0.0714. The lowest BCUT2D eigenvalue weighted by molar-refractivity contribution is -0.384. The van der Waals surface area contributed by atoms with Crippen LogP contribution in [-0.2, 0) is 0 Å². The number of ether oxygens (including phenoxy) is 1. The summed E-state index contributed by atoms with van der Waals surface area (Å²) < 4.78 is 5.09. The normalized spacial score (nSPS) is 10.6. The number of hydrogen-bond acceptors (Lipinski definition) is 4. The highest BCUT2D eigenvalue weighted by Crippen LogP contribution is 2.19. The van der Waals surface area contributed by atoms with E-state index in [1.165, 1.54) is 12.1 Å². The molecule has 0 spiro atoms. The zero-order valence-electron chi connectivity index (χ0n) is 10.3. The zero-order valence-corrected chi connectivity index (χ0v) is 10.3. The van der Waals surface area contributed by atoms with Gasteiger partial charge in [0.2, 0.25) is 0 Å². The van der Waals surface area contributed by atoms with Gasteiger partial charge in [-0.1, -0.05) is 18.2 Å². The Labute approximate surface area is 110 Å². The van der Waals surface area contributed by atoms with Crippen LogP contribution in [0, 0.1) is 10.1 Å². The van der Waals surface area contributed by atoms with Gasteiger partial charge in [0.1, 0.15) is 5.75 Å². The Kier molecular flexibility index (Phi) is 3.87. The fourth-order valence-corrected chi connectivity index (χ4v) is 1.56.